The Hall–Kier alpha value is 1.08. The number of carbonyl (C=O) groups is 4. The molecule has 0 aromatic heterocycles. The Balaban J connectivity index is -0.0000000150. The largest absolute Gasteiger partial charge is 1.00 e. The van der Waals surface area contributed by atoms with Crippen molar-refractivity contribution < 1.29 is 178 Å². The Morgan fingerprint density at radius 1 is 0.450 bits per heavy atom. The maximum absolute atomic E-state index is 8.44. The molecule has 0 amide bonds. The smallest absolute Gasteiger partial charge is 0.565 e. The van der Waals surface area contributed by atoms with E-state index in [2.05, 4.69) is 0 Å². The van der Waals surface area contributed by atoms with E-state index in [1.165, 1.54) is 0 Å². The van der Waals surface area contributed by atoms with Crippen LogP contribution in [-0.2, 0) is 0 Å². The molecule has 0 bridgehead atoms. The molecule has 0 fully saturated rings. The van der Waals surface area contributed by atoms with Crippen molar-refractivity contribution in [2.24, 2.45) is 0 Å². The van der Waals surface area contributed by atoms with E-state index in [1.807, 2.05) is 0 Å². The summed E-state index contributed by atoms with van der Waals surface area (Å²) in [5, 5.41) is 61.2. The minimum Gasteiger partial charge on any atom is -0.565 e. The van der Waals surface area contributed by atoms with E-state index in [1.54, 1.807) is 0 Å². The molecule has 0 atom stereocenters. The van der Waals surface area contributed by atoms with Gasteiger partial charge in [-0.1, -0.05) is 0 Å². The van der Waals surface area contributed by atoms with Gasteiger partial charge in [-0.2, -0.15) is 0 Å². The second kappa shape index (κ2) is 42.7. The molecule has 0 radical (unpaired) electrons. The zero-order valence-electron chi connectivity index (χ0n) is 11.1. The summed E-state index contributed by atoms with van der Waals surface area (Å²) in [6.45, 7) is 0. The first-order valence-corrected chi connectivity index (χ1v) is 2.53. The van der Waals surface area contributed by atoms with Gasteiger partial charge in [0.1, 0.15) is 0 Å². The van der Waals surface area contributed by atoms with Gasteiger partial charge in [0.2, 0.25) is 24.6 Å². The molecule has 0 aliphatic heterocycles. The van der Waals surface area contributed by atoms with Crippen molar-refractivity contribution in [3.8, 4) is 0 Å². The quantitative estimate of drug-likeness (QED) is 0.301. The van der Waals surface area contributed by atoms with Gasteiger partial charge in [0, 0.05) is 0 Å². The van der Waals surface area contributed by atoms with Crippen LogP contribution < -0.4 is 139 Å². The Labute approximate surface area is 200 Å². The first kappa shape index (κ1) is 49.7. The summed E-state index contributed by atoms with van der Waals surface area (Å²) < 4.78 is 0. The van der Waals surface area contributed by atoms with E-state index in [4.69, 9.17) is 60.0 Å². The standard InChI is InChI=1S/4CH2O3.4Na/c4*2-1(3)4;;;;/h4*(H2,2,3,4);;;;/q;;;;4*+1/p-4. The Morgan fingerprint density at radius 3 is 0.450 bits per heavy atom. The molecule has 4 N–H and O–H groups in total. The fraction of sp³-hybridized carbons (Fsp3) is 0. The minimum atomic E-state index is -2.08. The molecule has 0 aliphatic rings. The van der Waals surface area contributed by atoms with Gasteiger partial charge in [-0.25, -0.2) is 0 Å². The molecule has 0 aromatic carbocycles. The van der Waals surface area contributed by atoms with Crippen LogP contribution in [0.1, 0.15) is 0 Å². The SMILES string of the molecule is O=C([O-])O.O=C([O-])O.O=C([O-])O.O=C([O-])O.[Na+].[Na+].[Na+].[Na+]. The van der Waals surface area contributed by atoms with Crippen LogP contribution >= 0.6 is 0 Å². The van der Waals surface area contributed by atoms with Crippen molar-refractivity contribution in [3.05, 3.63) is 0 Å². The first-order chi connectivity index (χ1) is 6.93. The van der Waals surface area contributed by atoms with Crippen LogP contribution in [0.25, 0.3) is 0 Å². The van der Waals surface area contributed by atoms with E-state index in [-0.39, 0.29) is 118 Å². The van der Waals surface area contributed by atoms with Crippen LogP contribution in [0.15, 0.2) is 0 Å². The monoisotopic (exact) mass is 336 g/mol. The van der Waals surface area contributed by atoms with Crippen molar-refractivity contribution >= 4 is 24.6 Å². The first-order valence-electron chi connectivity index (χ1n) is 2.53. The molecule has 0 saturated heterocycles. The normalized spacial score (nSPS) is 4.80. The molecule has 0 aliphatic carbocycles. The van der Waals surface area contributed by atoms with Gasteiger partial charge in [-0.05, 0) is 0 Å². The molecule has 0 rings (SSSR count). The fourth-order valence-corrected chi connectivity index (χ4v) is 0. The van der Waals surface area contributed by atoms with Crippen molar-refractivity contribution in [2.45, 2.75) is 0 Å². The predicted octanol–water partition coefficient (Wildman–Crippen LogP) is -16.4. The number of hydrogen-bond acceptors (Lipinski definition) is 8. The summed E-state index contributed by atoms with van der Waals surface area (Å²) >= 11 is 0. The summed E-state index contributed by atoms with van der Waals surface area (Å²) in [6.07, 6.45) is -8.33. The van der Waals surface area contributed by atoms with Crippen LogP contribution in [0.2, 0.25) is 0 Å². The zero-order chi connectivity index (χ0) is 14.3. The molecule has 16 heteroatoms. The molecule has 96 valence electrons. The van der Waals surface area contributed by atoms with Gasteiger partial charge in [-0.3, -0.25) is 0 Å². The third-order valence-corrected chi connectivity index (χ3v) is 0. The Kier molecular flexibility index (Phi) is 106. The third kappa shape index (κ3) is 5350. The molecule has 12 nitrogen and oxygen atoms in total. The predicted molar refractivity (Wildman–Crippen MR) is 32.1 cm³/mol. The average Bonchev–Trinajstić information content (AvgIpc) is 1.76. The molecule has 0 aromatic rings. The van der Waals surface area contributed by atoms with Gasteiger partial charge >= 0.3 is 118 Å². The summed E-state index contributed by atoms with van der Waals surface area (Å²) in [5.41, 5.74) is 0. The maximum atomic E-state index is 8.44. The molecule has 20 heavy (non-hydrogen) atoms. The van der Waals surface area contributed by atoms with E-state index >= 15 is 0 Å². The van der Waals surface area contributed by atoms with E-state index in [0.717, 1.165) is 0 Å². The number of hydrogen-bond donors (Lipinski definition) is 4. The topological polar surface area (TPSA) is 241 Å². The Bertz CT molecular complexity index is 167. The molecule has 0 unspecified atom stereocenters. The molecular weight excluding hydrogens is 332 g/mol. The van der Waals surface area contributed by atoms with Crippen LogP contribution in [0.4, 0.5) is 19.2 Å². The zero-order valence-corrected chi connectivity index (χ0v) is 19.1. The van der Waals surface area contributed by atoms with E-state index in [9.17, 15) is 0 Å². The Morgan fingerprint density at radius 2 is 0.450 bits per heavy atom. The van der Waals surface area contributed by atoms with Crippen LogP contribution in [0, 0.1) is 0 Å². The second-order valence-corrected chi connectivity index (χ2v) is 1.06. The minimum absolute atomic E-state index is 0. The van der Waals surface area contributed by atoms with Gasteiger partial charge in [-0.15, -0.1) is 0 Å². The summed E-state index contributed by atoms with van der Waals surface area (Å²) in [5.74, 6) is 0. The summed E-state index contributed by atoms with van der Waals surface area (Å²) in [4.78, 5) is 33.8. The molecule has 0 spiro atoms. The molecular formula is C4H4Na4O12. The maximum Gasteiger partial charge on any atom is 1.00 e. The van der Waals surface area contributed by atoms with Gasteiger partial charge in [0.05, 0.1) is 0 Å². The van der Waals surface area contributed by atoms with Crippen molar-refractivity contribution in [3.63, 3.8) is 0 Å². The van der Waals surface area contributed by atoms with Crippen molar-refractivity contribution in [1.82, 2.24) is 0 Å². The van der Waals surface area contributed by atoms with Crippen LogP contribution in [-0.4, -0.2) is 45.0 Å². The van der Waals surface area contributed by atoms with Crippen molar-refractivity contribution in [1.29, 1.82) is 0 Å². The van der Waals surface area contributed by atoms with Crippen LogP contribution in [0.3, 0.4) is 0 Å². The van der Waals surface area contributed by atoms with Gasteiger partial charge in [0.15, 0.2) is 0 Å². The molecule has 0 heterocycles. The second-order valence-electron chi connectivity index (χ2n) is 1.06. The third-order valence-electron chi connectivity index (χ3n) is 0. The fourth-order valence-electron chi connectivity index (χ4n) is 0. The molecule has 0 saturated carbocycles. The van der Waals surface area contributed by atoms with Gasteiger partial charge < -0.3 is 60.0 Å². The van der Waals surface area contributed by atoms with Crippen molar-refractivity contribution in [2.75, 3.05) is 0 Å². The van der Waals surface area contributed by atoms with Gasteiger partial charge in [0.25, 0.3) is 0 Å². The van der Waals surface area contributed by atoms with E-state index in [0.29, 0.717) is 0 Å². The number of carboxylic acid groups (broad SMARTS) is 8. The average molecular weight is 336 g/mol. The number of rotatable bonds is 0. The summed E-state index contributed by atoms with van der Waals surface area (Å²) in [7, 11) is 0. The van der Waals surface area contributed by atoms with Crippen LogP contribution in [0.5, 0.6) is 0 Å². The summed E-state index contributed by atoms with van der Waals surface area (Å²) in [6, 6.07) is 0. The van der Waals surface area contributed by atoms with E-state index < -0.39 is 24.6 Å².